The van der Waals surface area contributed by atoms with Crippen LogP contribution < -0.4 is 10.7 Å². The Bertz CT molecular complexity index is 1030. The molecule has 0 aliphatic heterocycles. The minimum Gasteiger partial charge on any atom is -0.348 e. The molecule has 1 amide bonds. The topological polar surface area (TPSA) is 51.1 Å². The largest absolute Gasteiger partial charge is 0.348 e. The van der Waals surface area contributed by atoms with Crippen molar-refractivity contribution in [1.29, 1.82) is 0 Å². The highest BCUT2D eigenvalue weighted by Crippen LogP contribution is 2.22. The van der Waals surface area contributed by atoms with Crippen molar-refractivity contribution in [2.24, 2.45) is 7.05 Å². The van der Waals surface area contributed by atoms with Crippen LogP contribution in [0.1, 0.15) is 15.9 Å². The third-order valence-electron chi connectivity index (χ3n) is 3.83. The van der Waals surface area contributed by atoms with Gasteiger partial charge in [0.2, 0.25) is 5.43 Å². The van der Waals surface area contributed by atoms with E-state index < -0.39 is 5.91 Å². The van der Waals surface area contributed by atoms with E-state index in [0.29, 0.717) is 26.6 Å². The first kappa shape index (κ1) is 16.6. The van der Waals surface area contributed by atoms with E-state index in [1.165, 1.54) is 6.20 Å². The van der Waals surface area contributed by atoms with Gasteiger partial charge in [0.25, 0.3) is 5.91 Å². The lowest BCUT2D eigenvalue weighted by atomic mass is 10.1. The second-order valence-corrected chi connectivity index (χ2v) is 6.38. The van der Waals surface area contributed by atoms with Crippen molar-refractivity contribution >= 4 is 45.7 Å². The van der Waals surface area contributed by atoms with Crippen molar-refractivity contribution in [3.63, 3.8) is 0 Å². The van der Waals surface area contributed by atoms with E-state index >= 15 is 0 Å². The van der Waals surface area contributed by atoms with Crippen molar-refractivity contribution in [2.75, 3.05) is 5.32 Å². The Balaban J connectivity index is 2.08. The molecule has 0 saturated carbocycles. The molecule has 0 aliphatic carbocycles. The van der Waals surface area contributed by atoms with Crippen LogP contribution in [0.5, 0.6) is 0 Å². The van der Waals surface area contributed by atoms with Crippen LogP contribution in [0.3, 0.4) is 0 Å². The van der Waals surface area contributed by atoms with Crippen LogP contribution in [-0.2, 0) is 7.05 Å². The summed E-state index contributed by atoms with van der Waals surface area (Å²) in [6.45, 7) is 1.83. The molecule has 0 spiro atoms. The zero-order valence-corrected chi connectivity index (χ0v) is 14.6. The van der Waals surface area contributed by atoms with Crippen molar-refractivity contribution in [1.82, 2.24) is 4.57 Å². The number of nitrogens with one attached hydrogen (secondary N) is 1. The molecule has 3 rings (SSSR count). The Kier molecular flexibility index (Phi) is 4.35. The number of benzene rings is 2. The van der Waals surface area contributed by atoms with Crippen LogP contribution in [0.4, 0.5) is 5.69 Å². The molecule has 0 bridgehead atoms. The standard InChI is InChI=1S/C18H14Cl2N2O2/c1-10-8-11(19)6-7-15(10)21-18(24)13-9-22(2)16-12(17(13)23)4-3-5-14(16)20/h3-9H,1-2H3,(H,21,24). The van der Waals surface area contributed by atoms with Gasteiger partial charge in [-0.2, -0.15) is 0 Å². The first-order valence-electron chi connectivity index (χ1n) is 7.24. The van der Waals surface area contributed by atoms with Crippen LogP contribution in [-0.4, -0.2) is 10.5 Å². The van der Waals surface area contributed by atoms with E-state index in [2.05, 4.69) is 5.32 Å². The van der Waals surface area contributed by atoms with Crippen molar-refractivity contribution in [3.8, 4) is 0 Å². The van der Waals surface area contributed by atoms with E-state index in [4.69, 9.17) is 23.2 Å². The Morgan fingerprint density at radius 3 is 2.62 bits per heavy atom. The van der Waals surface area contributed by atoms with Gasteiger partial charge in [-0.3, -0.25) is 9.59 Å². The summed E-state index contributed by atoms with van der Waals surface area (Å²) >= 11 is 12.1. The van der Waals surface area contributed by atoms with Gasteiger partial charge in [0.05, 0.1) is 10.5 Å². The fourth-order valence-corrected chi connectivity index (χ4v) is 3.17. The van der Waals surface area contributed by atoms with Crippen LogP contribution in [0.2, 0.25) is 10.0 Å². The number of aromatic nitrogens is 1. The van der Waals surface area contributed by atoms with Crippen molar-refractivity contribution in [3.05, 3.63) is 74.0 Å². The number of carbonyl (C=O) groups is 1. The summed E-state index contributed by atoms with van der Waals surface area (Å²) in [7, 11) is 1.75. The number of anilines is 1. The molecule has 1 aromatic heterocycles. The molecule has 4 nitrogen and oxygen atoms in total. The zero-order valence-electron chi connectivity index (χ0n) is 13.1. The highest BCUT2D eigenvalue weighted by molar-refractivity contribution is 6.35. The zero-order chi connectivity index (χ0) is 17.4. The van der Waals surface area contributed by atoms with E-state index in [0.717, 1.165) is 5.56 Å². The molecule has 3 aromatic rings. The van der Waals surface area contributed by atoms with Crippen LogP contribution in [0.15, 0.2) is 47.4 Å². The number of carbonyl (C=O) groups excluding carboxylic acids is 1. The summed E-state index contributed by atoms with van der Waals surface area (Å²) in [4.78, 5) is 25.2. The molecule has 1 heterocycles. The summed E-state index contributed by atoms with van der Waals surface area (Å²) in [6, 6.07) is 10.2. The maximum absolute atomic E-state index is 12.6. The monoisotopic (exact) mass is 360 g/mol. The smallest absolute Gasteiger partial charge is 0.261 e. The Morgan fingerprint density at radius 2 is 1.92 bits per heavy atom. The van der Waals surface area contributed by atoms with E-state index in [1.807, 2.05) is 6.92 Å². The van der Waals surface area contributed by atoms with Crippen LogP contribution in [0, 0.1) is 6.92 Å². The summed E-state index contributed by atoms with van der Waals surface area (Å²) in [5.41, 5.74) is 1.73. The van der Waals surface area contributed by atoms with E-state index in [-0.39, 0.29) is 11.0 Å². The lowest BCUT2D eigenvalue weighted by molar-refractivity contribution is 0.102. The van der Waals surface area contributed by atoms with Crippen molar-refractivity contribution in [2.45, 2.75) is 6.92 Å². The fraction of sp³-hybridized carbons (Fsp3) is 0.111. The van der Waals surface area contributed by atoms with Gasteiger partial charge in [-0.25, -0.2) is 0 Å². The second kappa shape index (κ2) is 6.30. The number of pyridine rings is 1. The summed E-state index contributed by atoms with van der Waals surface area (Å²) in [5, 5.41) is 4.22. The average Bonchev–Trinajstić information content (AvgIpc) is 2.53. The quantitative estimate of drug-likeness (QED) is 0.735. The van der Waals surface area contributed by atoms with Gasteiger partial charge in [0, 0.05) is 29.3 Å². The molecule has 0 radical (unpaired) electrons. The minimum absolute atomic E-state index is 0.0571. The highest BCUT2D eigenvalue weighted by Gasteiger charge is 2.16. The molecule has 0 aliphatic rings. The van der Waals surface area contributed by atoms with E-state index in [9.17, 15) is 9.59 Å². The molecule has 0 saturated heterocycles. The lowest BCUT2D eigenvalue weighted by Crippen LogP contribution is -2.23. The first-order chi connectivity index (χ1) is 11.4. The number of hydrogen-bond acceptors (Lipinski definition) is 2. The van der Waals surface area contributed by atoms with Crippen LogP contribution in [0.25, 0.3) is 10.9 Å². The number of nitrogens with zero attached hydrogens (tertiary/aromatic N) is 1. The second-order valence-electron chi connectivity index (χ2n) is 5.53. The molecule has 6 heteroatoms. The van der Waals surface area contributed by atoms with Gasteiger partial charge >= 0.3 is 0 Å². The Labute approximate surface area is 148 Å². The predicted octanol–water partition coefficient (Wildman–Crippen LogP) is 4.41. The average molecular weight is 361 g/mol. The Morgan fingerprint density at radius 1 is 1.17 bits per heavy atom. The maximum atomic E-state index is 12.6. The van der Waals surface area contributed by atoms with Gasteiger partial charge in [-0.1, -0.05) is 29.3 Å². The number of para-hydroxylation sites is 1. The van der Waals surface area contributed by atoms with Gasteiger partial charge in [-0.05, 0) is 42.8 Å². The molecular formula is C18H14Cl2N2O2. The van der Waals surface area contributed by atoms with Crippen LogP contribution >= 0.6 is 23.2 Å². The molecule has 2 aromatic carbocycles. The molecule has 24 heavy (non-hydrogen) atoms. The number of amides is 1. The Hall–Kier alpha value is -2.30. The fourth-order valence-electron chi connectivity index (χ4n) is 2.64. The number of rotatable bonds is 2. The number of aryl methyl sites for hydroxylation is 2. The highest BCUT2D eigenvalue weighted by atomic mass is 35.5. The van der Waals surface area contributed by atoms with E-state index in [1.54, 1.807) is 48.0 Å². The minimum atomic E-state index is -0.470. The molecule has 1 N–H and O–H groups in total. The lowest BCUT2D eigenvalue weighted by Gasteiger charge is -2.12. The van der Waals surface area contributed by atoms with Gasteiger partial charge in [0.1, 0.15) is 5.56 Å². The first-order valence-corrected chi connectivity index (χ1v) is 7.99. The van der Waals surface area contributed by atoms with Gasteiger partial charge in [0.15, 0.2) is 0 Å². The third-order valence-corrected chi connectivity index (χ3v) is 4.37. The number of halogens is 2. The third kappa shape index (κ3) is 2.90. The molecular weight excluding hydrogens is 347 g/mol. The molecule has 0 unspecified atom stereocenters. The maximum Gasteiger partial charge on any atom is 0.261 e. The van der Waals surface area contributed by atoms with Crippen molar-refractivity contribution < 1.29 is 4.79 Å². The summed E-state index contributed by atoms with van der Waals surface area (Å²) < 4.78 is 1.68. The normalized spacial score (nSPS) is 10.8. The summed E-state index contributed by atoms with van der Waals surface area (Å²) in [6.07, 6.45) is 1.50. The SMILES string of the molecule is Cc1cc(Cl)ccc1NC(=O)c1cn(C)c2c(Cl)cccc2c1=O. The number of hydrogen-bond donors (Lipinski definition) is 1. The number of fused-ring (bicyclic) bond motifs is 1. The predicted molar refractivity (Wildman–Crippen MR) is 98.3 cm³/mol. The molecule has 122 valence electrons. The van der Waals surface area contributed by atoms with Gasteiger partial charge in [-0.15, -0.1) is 0 Å². The molecule has 0 atom stereocenters. The molecule has 0 fully saturated rings. The van der Waals surface area contributed by atoms with Gasteiger partial charge < -0.3 is 9.88 Å². The summed E-state index contributed by atoms with van der Waals surface area (Å²) in [5.74, 6) is -0.470.